The summed E-state index contributed by atoms with van der Waals surface area (Å²) in [6.45, 7) is 4.37. The molecular formula is C18H19NOS. The van der Waals surface area contributed by atoms with E-state index in [1.54, 1.807) is 17.6 Å². The summed E-state index contributed by atoms with van der Waals surface area (Å²) in [5.41, 5.74) is 2.56. The zero-order chi connectivity index (χ0) is 14.7. The number of furan rings is 1. The van der Waals surface area contributed by atoms with Crippen molar-refractivity contribution in [1.82, 2.24) is 5.32 Å². The molecular weight excluding hydrogens is 278 g/mol. The van der Waals surface area contributed by atoms with Gasteiger partial charge in [0.1, 0.15) is 5.76 Å². The van der Waals surface area contributed by atoms with Gasteiger partial charge in [0.2, 0.25) is 0 Å². The summed E-state index contributed by atoms with van der Waals surface area (Å²) in [4.78, 5) is 1.38. The van der Waals surface area contributed by atoms with Gasteiger partial charge >= 0.3 is 0 Å². The third-order valence-corrected chi connectivity index (χ3v) is 4.87. The second-order valence-corrected chi connectivity index (χ2v) is 6.16. The van der Waals surface area contributed by atoms with Crippen LogP contribution in [0, 0.1) is 6.92 Å². The van der Waals surface area contributed by atoms with Crippen molar-refractivity contribution in [2.45, 2.75) is 25.9 Å². The van der Waals surface area contributed by atoms with Crippen LogP contribution in [-0.2, 0) is 0 Å². The first kappa shape index (κ1) is 14.1. The molecule has 108 valence electrons. The Morgan fingerprint density at radius 1 is 1.05 bits per heavy atom. The first-order valence-corrected chi connectivity index (χ1v) is 8.02. The highest BCUT2D eigenvalue weighted by Gasteiger charge is 2.20. The quantitative estimate of drug-likeness (QED) is 0.709. The van der Waals surface area contributed by atoms with Crippen molar-refractivity contribution in [1.29, 1.82) is 0 Å². The summed E-state index contributed by atoms with van der Waals surface area (Å²) in [6, 6.07) is 16.9. The molecule has 0 radical (unpaired) electrons. The van der Waals surface area contributed by atoms with Crippen molar-refractivity contribution in [3.8, 4) is 0 Å². The number of hydrogen-bond acceptors (Lipinski definition) is 3. The average Bonchev–Trinajstić information content (AvgIpc) is 3.17. The zero-order valence-corrected chi connectivity index (χ0v) is 13.1. The maximum Gasteiger partial charge on any atom is 0.125 e. The van der Waals surface area contributed by atoms with Gasteiger partial charge in [0.25, 0.3) is 0 Å². The van der Waals surface area contributed by atoms with E-state index in [1.807, 2.05) is 18.2 Å². The van der Waals surface area contributed by atoms with E-state index in [0.717, 1.165) is 5.76 Å². The lowest BCUT2D eigenvalue weighted by Gasteiger charge is -2.22. The predicted octanol–water partition coefficient (Wildman–Crippen LogP) is 5.09. The molecule has 0 aliphatic rings. The number of rotatable bonds is 5. The summed E-state index contributed by atoms with van der Waals surface area (Å²) in [5.74, 6) is 0.947. The fourth-order valence-corrected chi connectivity index (χ4v) is 3.54. The molecule has 2 atom stereocenters. The molecule has 2 unspecified atom stereocenters. The van der Waals surface area contributed by atoms with Crippen LogP contribution in [0.2, 0.25) is 0 Å². The van der Waals surface area contributed by atoms with Gasteiger partial charge < -0.3 is 4.42 Å². The van der Waals surface area contributed by atoms with Crippen molar-refractivity contribution in [3.05, 3.63) is 81.9 Å². The van der Waals surface area contributed by atoms with E-state index in [-0.39, 0.29) is 12.1 Å². The van der Waals surface area contributed by atoms with Crippen LogP contribution in [0.25, 0.3) is 0 Å². The van der Waals surface area contributed by atoms with Crippen LogP contribution < -0.4 is 5.32 Å². The fraction of sp³-hybridized carbons (Fsp3) is 0.222. The highest BCUT2D eigenvalue weighted by Crippen LogP contribution is 2.29. The monoisotopic (exact) mass is 297 g/mol. The summed E-state index contributed by atoms with van der Waals surface area (Å²) in [5, 5.41) is 5.84. The average molecular weight is 297 g/mol. The Morgan fingerprint density at radius 3 is 2.48 bits per heavy atom. The highest BCUT2D eigenvalue weighted by atomic mass is 32.1. The van der Waals surface area contributed by atoms with Gasteiger partial charge in [0, 0.05) is 10.9 Å². The molecule has 2 aromatic heterocycles. The Hall–Kier alpha value is -1.84. The molecule has 3 heteroatoms. The van der Waals surface area contributed by atoms with E-state index < -0.39 is 0 Å². The minimum Gasteiger partial charge on any atom is -0.467 e. The minimum absolute atomic E-state index is 0.0673. The summed E-state index contributed by atoms with van der Waals surface area (Å²) >= 11 is 1.80. The van der Waals surface area contributed by atoms with Gasteiger partial charge in [-0.3, -0.25) is 5.32 Å². The standard InChI is InChI=1S/C18H19NOS/c1-13-10-12-21-18(13)14(2)19-17(16-9-6-11-20-16)15-7-4-3-5-8-15/h3-12,14,17,19H,1-2H3. The second-order valence-electron chi connectivity index (χ2n) is 5.22. The van der Waals surface area contributed by atoms with Gasteiger partial charge in [-0.25, -0.2) is 0 Å². The number of hydrogen-bond donors (Lipinski definition) is 1. The molecule has 3 rings (SSSR count). The first-order chi connectivity index (χ1) is 10.3. The molecule has 0 aliphatic carbocycles. The molecule has 0 spiro atoms. The van der Waals surface area contributed by atoms with Gasteiger partial charge in [0.15, 0.2) is 0 Å². The lowest BCUT2D eigenvalue weighted by molar-refractivity contribution is 0.421. The minimum atomic E-state index is 0.0673. The van der Waals surface area contributed by atoms with Crippen molar-refractivity contribution < 1.29 is 4.42 Å². The second kappa shape index (κ2) is 6.29. The smallest absolute Gasteiger partial charge is 0.125 e. The van der Waals surface area contributed by atoms with Gasteiger partial charge in [-0.2, -0.15) is 0 Å². The lowest BCUT2D eigenvalue weighted by Crippen LogP contribution is -2.25. The number of thiophene rings is 1. The predicted molar refractivity (Wildman–Crippen MR) is 87.6 cm³/mol. The van der Waals surface area contributed by atoms with Crippen molar-refractivity contribution in [3.63, 3.8) is 0 Å². The van der Waals surface area contributed by atoms with E-state index in [1.165, 1.54) is 16.0 Å². The topological polar surface area (TPSA) is 25.2 Å². The summed E-state index contributed by atoms with van der Waals surface area (Å²) in [7, 11) is 0. The van der Waals surface area contributed by atoms with E-state index >= 15 is 0 Å². The fourth-order valence-electron chi connectivity index (χ4n) is 2.60. The molecule has 3 aromatic rings. The largest absolute Gasteiger partial charge is 0.467 e. The molecule has 0 aliphatic heterocycles. The number of aryl methyl sites for hydroxylation is 1. The maximum absolute atomic E-state index is 5.64. The van der Waals surface area contributed by atoms with Crippen LogP contribution in [0.1, 0.15) is 40.8 Å². The van der Waals surface area contributed by atoms with Gasteiger partial charge in [-0.05, 0) is 48.6 Å². The molecule has 0 amide bonds. The zero-order valence-electron chi connectivity index (χ0n) is 12.2. The van der Waals surface area contributed by atoms with Crippen LogP contribution in [0.15, 0.2) is 64.6 Å². The molecule has 0 bridgehead atoms. The van der Waals surface area contributed by atoms with Crippen LogP contribution in [0.4, 0.5) is 0 Å². The Morgan fingerprint density at radius 2 is 1.86 bits per heavy atom. The molecule has 0 fully saturated rings. The molecule has 2 heterocycles. The Kier molecular flexibility index (Phi) is 4.23. The van der Waals surface area contributed by atoms with Crippen LogP contribution in [0.5, 0.6) is 0 Å². The highest BCUT2D eigenvalue weighted by molar-refractivity contribution is 7.10. The van der Waals surface area contributed by atoms with Gasteiger partial charge in [0.05, 0.1) is 12.3 Å². The Labute approximate surface area is 129 Å². The van der Waals surface area contributed by atoms with Crippen LogP contribution in [0.3, 0.4) is 0 Å². The summed E-state index contributed by atoms with van der Waals surface area (Å²) in [6.07, 6.45) is 1.73. The first-order valence-electron chi connectivity index (χ1n) is 7.14. The Balaban J connectivity index is 1.89. The molecule has 2 nitrogen and oxygen atoms in total. The molecule has 0 saturated heterocycles. The summed E-state index contributed by atoms with van der Waals surface area (Å²) < 4.78 is 5.64. The maximum atomic E-state index is 5.64. The van der Waals surface area contributed by atoms with E-state index in [0.29, 0.717) is 0 Å². The van der Waals surface area contributed by atoms with Gasteiger partial charge in [-0.1, -0.05) is 30.3 Å². The lowest BCUT2D eigenvalue weighted by atomic mass is 10.0. The van der Waals surface area contributed by atoms with Crippen LogP contribution in [-0.4, -0.2) is 0 Å². The molecule has 1 aromatic carbocycles. The van der Waals surface area contributed by atoms with Crippen molar-refractivity contribution in [2.75, 3.05) is 0 Å². The van der Waals surface area contributed by atoms with Crippen molar-refractivity contribution >= 4 is 11.3 Å². The molecule has 21 heavy (non-hydrogen) atoms. The van der Waals surface area contributed by atoms with Crippen LogP contribution >= 0.6 is 11.3 Å². The molecule has 1 N–H and O–H groups in total. The van der Waals surface area contributed by atoms with Gasteiger partial charge in [-0.15, -0.1) is 11.3 Å². The third-order valence-electron chi connectivity index (χ3n) is 3.67. The normalized spacial score (nSPS) is 14.0. The Bertz CT molecular complexity index is 672. The van der Waals surface area contributed by atoms with Crippen molar-refractivity contribution in [2.24, 2.45) is 0 Å². The van der Waals surface area contributed by atoms with E-state index in [9.17, 15) is 0 Å². The van der Waals surface area contributed by atoms with E-state index in [4.69, 9.17) is 4.42 Å². The SMILES string of the molecule is Cc1ccsc1C(C)NC(c1ccccc1)c1ccco1. The third kappa shape index (κ3) is 3.09. The number of benzene rings is 1. The number of nitrogens with one attached hydrogen (secondary N) is 1. The molecule has 0 saturated carbocycles. The van der Waals surface area contributed by atoms with E-state index in [2.05, 4.69) is 54.9 Å².